The molecule has 94 valence electrons. The predicted octanol–water partition coefficient (Wildman–Crippen LogP) is 4.94. The van der Waals surface area contributed by atoms with Crippen LogP contribution in [0.3, 0.4) is 0 Å². The Morgan fingerprint density at radius 2 is 1.74 bits per heavy atom. The maximum absolute atomic E-state index is 6.03. The first-order valence-electron chi connectivity index (χ1n) is 6.09. The number of aromatic nitrogens is 1. The van der Waals surface area contributed by atoms with Gasteiger partial charge in [-0.15, -0.1) is 0 Å². The van der Waals surface area contributed by atoms with E-state index >= 15 is 0 Å². The molecule has 3 heteroatoms. The van der Waals surface area contributed by atoms with E-state index in [4.69, 9.17) is 11.6 Å². The molecule has 1 heterocycles. The van der Waals surface area contributed by atoms with Gasteiger partial charge < -0.3 is 5.32 Å². The first-order chi connectivity index (χ1) is 9.22. The van der Waals surface area contributed by atoms with Gasteiger partial charge in [-0.05, 0) is 54.3 Å². The van der Waals surface area contributed by atoms with E-state index in [1.54, 1.807) is 6.20 Å². The number of hydrogen-bond acceptors (Lipinski definition) is 2. The highest BCUT2D eigenvalue weighted by molar-refractivity contribution is 6.31. The van der Waals surface area contributed by atoms with Crippen molar-refractivity contribution in [2.75, 3.05) is 5.32 Å². The monoisotopic (exact) mass is 268 g/mol. The number of fused-ring (bicyclic) bond motifs is 1. The maximum Gasteiger partial charge on any atom is 0.0436 e. The number of benzene rings is 2. The van der Waals surface area contributed by atoms with Crippen LogP contribution in [0.4, 0.5) is 11.4 Å². The second-order valence-corrected chi connectivity index (χ2v) is 4.93. The summed E-state index contributed by atoms with van der Waals surface area (Å²) in [7, 11) is 0. The molecule has 0 atom stereocenters. The minimum Gasteiger partial charge on any atom is -0.355 e. The van der Waals surface area contributed by atoms with Gasteiger partial charge in [-0.25, -0.2) is 0 Å². The zero-order chi connectivity index (χ0) is 13.2. The standard InChI is InChI=1S/C16H13ClN2/c1-11-8-14(4-5-16(11)17)19-15-3-2-12-6-7-18-10-13(12)9-15/h2-10,19H,1H3. The molecule has 0 bridgehead atoms. The van der Waals surface area contributed by atoms with E-state index in [1.807, 2.05) is 37.4 Å². The van der Waals surface area contributed by atoms with Crippen molar-refractivity contribution in [1.82, 2.24) is 4.98 Å². The summed E-state index contributed by atoms with van der Waals surface area (Å²) in [4.78, 5) is 4.14. The summed E-state index contributed by atoms with van der Waals surface area (Å²) < 4.78 is 0. The molecular weight excluding hydrogens is 256 g/mol. The van der Waals surface area contributed by atoms with Gasteiger partial charge in [0.05, 0.1) is 0 Å². The van der Waals surface area contributed by atoms with Gasteiger partial charge in [0, 0.05) is 34.2 Å². The molecule has 1 N–H and O–H groups in total. The van der Waals surface area contributed by atoms with Crippen molar-refractivity contribution >= 4 is 33.7 Å². The summed E-state index contributed by atoms with van der Waals surface area (Å²) in [5, 5.41) is 6.47. The number of nitrogens with one attached hydrogen (secondary N) is 1. The van der Waals surface area contributed by atoms with E-state index in [0.717, 1.165) is 27.3 Å². The molecule has 0 aliphatic heterocycles. The van der Waals surface area contributed by atoms with Crippen LogP contribution in [0, 0.1) is 6.92 Å². The van der Waals surface area contributed by atoms with E-state index < -0.39 is 0 Å². The fourth-order valence-electron chi connectivity index (χ4n) is 2.05. The van der Waals surface area contributed by atoms with Crippen molar-refractivity contribution in [1.29, 1.82) is 0 Å². The lowest BCUT2D eigenvalue weighted by Crippen LogP contribution is -1.91. The Morgan fingerprint density at radius 3 is 2.58 bits per heavy atom. The van der Waals surface area contributed by atoms with Crippen molar-refractivity contribution < 1.29 is 0 Å². The van der Waals surface area contributed by atoms with Crippen molar-refractivity contribution in [3.8, 4) is 0 Å². The van der Waals surface area contributed by atoms with Gasteiger partial charge in [0.1, 0.15) is 0 Å². The van der Waals surface area contributed by atoms with Gasteiger partial charge >= 0.3 is 0 Å². The third-order valence-corrected chi connectivity index (χ3v) is 3.51. The fourth-order valence-corrected chi connectivity index (χ4v) is 2.17. The van der Waals surface area contributed by atoms with Crippen LogP contribution in [0.1, 0.15) is 5.56 Å². The van der Waals surface area contributed by atoms with Crippen molar-refractivity contribution in [3.63, 3.8) is 0 Å². The molecular formula is C16H13ClN2. The molecule has 3 rings (SSSR count). The van der Waals surface area contributed by atoms with Gasteiger partial charge in [-0.3, -0.25) is 4.98 Å². The van der Waals surface area contributed by atoms with Gasteiger partial charge in [0.25, 0.3) is 0 Å². The van der Waals surface area contributed by atoms with Crippen LogP contribution in [-0.2, 0) is 0 Å². The highest BCUT2D eigenvalue weighted by Gasteiger charge is 2.00. The lowest BCUT2D eigenvalue weighted by molar-refractivity contribution is 1.36. The molecule has 0 aliphatic rings. The van der Waals surface area contributed by atoms with Crippen LogP contribution < -0.4 is 5.32 Å². The summed E-state index contributed by atoms with van der Waals surface area (Å²) in [5.74, 6) is 0. The molecule has 3 aromatic rings. The smallest absolute Gasteiger partial charge is 0.0436 e. The molecule has 0 fully saturated rings. The van der Waals surface area contributed by atoms with Crippen LogP contribution in [0.5, 0.6) is 0 Å². The summed E-state index contributed by atoms with van der Waals surface area (Å²) in [6, 6.07) is 14.2. The molecule has 0 aliphatic carbocycles. The number of nitrogens with zero attached hydrogens (tertiary/aromatic N) is 1. The quantitative estimate of drug-likeness (QED) is 0.712. The number of pyridine rings is 1. The minimum absolute atomic E-state index is 0.785. The Morgan fingerprint density at radius 1 is 0.947 bits per heavy atom. The van der Waals surface area contributed by atoms with Crippen molar-refractivity contribution in [2.24, 2.45) is 0 Å². The lowest BCUT2D eigenvalue weighted by atomic mass is 10.1. The molecule has 0 radical (unpaired) electrons. The van der Waals surface area contributed by atoms with Gasteiger partial charge in [-0.2, -0.15) is 0 Å². The minimum atomic E-state index is 0.785. The highest BCUT2D eigenvalue weighted by Crippen LogP contribution is 2.24. The molecule has 2 aromatic carbocycles. The number of rotatable bonds is 2. The summed E-state index contributed by atoms with van der Waals surface area (Å²) in [6.07, 6.45) is 3.67. The van der Waals surface area contributed by atoms with Crippen molar-refractivity contribution in [2.45, 2.75) is 6.92 Å². The fraction of sp³-hybridized carbons (Fsp3) is 0.0625. The van der Waals surface area contributed by atoms with E-state index in [-0.39, 0.29) is 0 Å². The SMILES string of the molecule is Cc1cc(Nc2ccc3ccncc3c2)ccc1Cl. The molecule has 0 unspecified atom stereocenters. The first-order valence-corrected chi connectivity index (χ1v) is 6.47. The van der Waals surface area contributed by atoms with Crippen LogP contribution in [0.25, 0.3) is 10.8 Å². The zero-order valence-corrected chi connectivity index (χ0v) is 11.3. The van der Waals surface area contributed by atoms with E-state index in [0.29, 0.717) is 0 Å². The topological polar surface area (TPSA) is 24.9 Å². The average Bonchev–Trinajstić information content (AvgIpc) is 2.43. The molecule has 0 amide bonds. The molecule has 19 heavy (non-hydrogen) atoms. The number of aryl methyl sites for hydroxylation is 1. The Labute approximate surface area is 117 Å². The Balaban J connectivity index is 1.94. The second-order valence-electron chi connectivity index (χ2n) is 4.53. The van der Waals surface area contributed by atoms with Crippen LogP contribution in [-0.4, -0.2) is 4.98 Å². The summed E-state index contributed by atoms with van der Waals surface area (Å²) in [6.45, 7) is 2.00. The molecule has 0 saturated heterocycles. The summed E-state index contributed by atoms with van der Waals surface area (Å²) >= 11 is 6.03. The van der Waals surface area contributed by atoms with Crippen LogP contribution in [0.15, 0.2) is 54.9 Å². The number of anilines is 2. The third-order valence-electron chi connectivity index (χ3n) is 3.09. The molecule has 0 saturated carbocycles. The van der Waals surface area contributed by atoms with Crippen LogP contribution in [0.2, 0.25) is 5.02 Å². The van der Waals surface area contributed by atoms with Crippen LogP contribution >= 0.6 is 11.6 Å². The maximum atomic E-state index is 6.03. The summed E-state index contributed by atoms with van der Waals surface area (Å²) in [5.41, 5.74) is 3.14. The van der Waals surface area contributed by atoms with E-state index in [9.17, 15) is 0 Å². The molecule has 0 spiro atoms. The molecule has 1 aromatic heterocycles. The average molecular weight is 269 g/mol. The Hall–Kier alpha value is -2.06. The van der Waals surface area contributed by atoms with Gasteiger partial charge in [0.15, 0.2) is 0 Å². The number of hydrogen-bond donors (Lipinski definition) is 1. The number of halogens is 1. The normalized spacial score (nSPS) is 10.6. The zero-order valence-electron chi connectivity index (χ0n) is 10.5. The lowest BCUT2D eigenvalue weighted by Gasteiger charge is -2.09. The predicted molar refractivity (Wildman–Crippen MR) is 81.2 cm³/mol. The van der Waals surface area contributed by atoms with E-state index in [2.05, 4.69) is 28.5 Å². The van der Waals surface area contributed by atoms with Crippen molar-refractivity contribution in [3.05, 3.63) is 65.4 Å². The third kappa shape index (κ3) is 2.54. The first kappa shape index (κ1) is 12.0. The Bertz CT molecular complexity index is 738. The highest BCUT2D eigenvalue weighted by atomic mass is 35.5. The van der Waals surface area contributed by atoms with Gasteiger partial charge in [0.2, 0.25) is 0 Å². The Kier molecular flexibility index (Phi) is 3.10. The molecule has 2 nitrogen and oxygen atoms in total. The largest absolute Gasteiger partial charge is 0.355 e. The second kappa shape index (κ2) is 4.90. The van der Waals surface area contributed by atoms with Gasteiger partial charge in [-0.1, -0.05) is 17.7 Å². The van der Waals surface area contributed by atoms with E-state index in [1.165, 1.54) is 5.39 Å².